The third-order valence-corrected chi connectivity index (χ3v) is 5.46. The molecule has 2 N–H and O–H groups in total. The first-order valence-electron chi connectivity index (χ1n) is 9.76. The fourth-order valence-electron chi connectivity index (χ4n) is 3.73. The maximum absolute atomic E-state index is 13.3. The summed E-state index contributed by atoms with van der Waals surface area (Å²) in [6, 6.07) is 5.98. The van der Waals surface area contributed by atoms with Crippen molar-refractivity contribution < 1.29 is 19.2 Å². The zero-order valence-electron chi connectivity index (χ0n) is 16.8. The van der Waals surface area contributed by atoms with Gasteiger partial charge in [0.05, 0.1) is 5.69 Å². The lowest BCUT2D eigenvalue weighted by molar-refractivity contribution is -0.140. The van der Waals surface area contributed by atoms with Crippen molar-refractivity contribution in [1.29, 1.82) is 0 Å². The molecule has 3 rings (SSSR count). The Bertz CT molecular complexity index is 896. The van der Waals surface area contributed by atoms with Crippen LogP contribution in [0.4, 0.5) is 0 Å². The molecule has 2 heterocycles. The lowest BCUT2D eigenvalue weighted by Crippen LogP contribution is -2.47. The standard InChI is InChI=1S/C21H26ClN3O4/c1-12(2)19(18-9-13(3)24-29-18)21(28)25-8-4-5-16(25)20(27)23-11-14-6-7-15(22)10-17(14)26/h6-7,9-10,12,16,19,26H,4-5,8,11H2,1-3H3,(H,23,27). The van der Waals surface area contributed by atoms with E-state index in [0.29, 0.717) is 29.3 Å². The number of phenolic OH excluding ortho intramolecular Hbond substituents is 1. The number of rotatable bonds is 6. The Morgan fingerprint density at radius 3 is 2.76 bits per heavy atom. The fourth-order valence-corrected chi connectivity index (χ4v) is 3.90. The van der Waals surface area contributed by atoms with E-state index in [1.807, 2.05) is 20.8 Å². The number of carbonyl (C=O) groups excluding carboxylic acids is 2. The van der Waals surface area contributed by atoms with E-state index in [9.17, 15) is 14.7 Å². The Hall–Kier alpha value is -2.54. The molecule has 2 unspecified atom stereocenters. The van der Waals surface area contributed by atoms with E-state index in [2.05, 4.69) is 10.5 Å². The highest BCUT2D eigenvalue weighted by Gasteiger charge is 2.39. The minimum Gasteiger partial charge on any atom is -0.508 e. The SMILES string of the molecule is Cc1cc(C(C(=O)N2CCCC2C(=O)NCc2ccc(Cl)cc2O)C(C)C)on1. The number of carbonyl (C=O) groups is 2. The van der Waals surface area contributed by atoms with Gasteiger partial charge in [-0.2, -0.15) is 0 Å². The van der Waals surface area contributed by atoms with Crippen molar-refractivity contribution >= 4 is 23.4 Å². The zero-order valence-corrected chi connectivity index (χ0v) is 17.6. The van der Waals surface area contributed by atoms with Gasteiger partial charge in [0.15, 0.2) is 0 Å². The highest BCUT2D eigenvalue weighted by molar-refractivity contribution is 6.30. The summed E-state index contributed by atoms with van der Waals surface area (Å²) in [6.07, 6.45) is 1.36. The van der Waals surface area contributed by atoms with Gasteiger partial charge in [0.2, 0.25) is 11.8 Å². The van der Waals surface area contributed by atoms with Crippen LogP contribution in [0.1, 0.15) is 49.6 Å². The molecule has 0 saturated carbocycles. The van der Waals surface area contributed by atoms with E-state index in [4.69, 9.17) is 16.1 Å². The summed E-state index contributed by atoms with van der Waals surface area (Å²) in [6.45, 7) is 6.41. The summed E-state index contributed by atoms with van der Waals surface area (Å²) >= 11 is 5.84. The first-order chi connectivity index (χ1) is 13.8. The second-order valence-corrected chi connectivity index (χ2v) is 8.21. The van der Waals surface area contributed by atoms with Crippen LogP contribution in [-0.2, 0) is 16.1 Å². The second-order valence-electron chi connectivity index (χ2n) is 7.77. The Labute approximate surface area is 175 Å². The average Bonchev–Trinajstić information content (AvgIpc) is 3.30. The normalized spacial score (nSPS) is 17.6. The van der Waals surface area contributed by atoms with Crippen LogP contribution in [0.25, 0.3) is 0 Å². The minimum absolute atomic E-state index is 0.00479. The number of nitrogens with one attached hydrogen (secondary N) is 1. The first-order valence-corrected chi connectivity index (χ1v) is 10.1. The van der Waals surface area contributed by atoms with Crippen LogP contribution in [0.2, 0.25) is 5.02 Å². The number of aromatic hydroxyl groups is 1. The number of aromatic nitrogens is 1. The lowest BCUT2D eigenvalue weighted by Gasteiger charge is -2.29. The minimum atomic E-state index is -0.540. The molecule has 1 aliphatic rings. The van der Waals surface area contributed by atoms with Crippen molar-refractivity contribution in [3.05, 3.63) is 46.3 Å². The van der Waals surface area contributed by atoms with E-state index in [1.54, 1.807) is 23.1 Å². The average molecular weight is 420 g/mol. The van der Waals surface area contributed by atoms with Gasteiger partial charge in [0.25, 0.3) is 0 Å². The zero-order chi connectivity index (χ0) is 21.1. The first kappa shape index (κ1) is 21.2. The van der Waals surface area contributed by atoms with E-state index in [0.717, 1.165) is 12.1 Å². The Balaban J connectivity index is 1.70. The van der Waals surface area contributed by atoms with E-state index in [-0.39, 0.29) is 30.0 Å². The molecule has 1 aromatic heterocycles. The number of benzene rings is 1. The second kappa shape index (κ2) is 8.86. The van der Waals surface area contributed by atoms with Crippen LogP contribution < -0.4 is 5.32 Å². The predicted molar refractivity (Wildman–Crippen MR) is 109 cm³/mol. The summed E-state index contributed by atoms with van der Waals surface area (Å²) in [5.74, 6) is -0.281. The quantitative estimate of drug-likeness (QED) is 0.748. The Morgan fingerprint density at radius 2 is 2.14 bits per heavy atom. The van der Waals surface area contributed by atoms with Crippen molar-refractivity contribution in [2.24, 2.45) is 5.92 Å². The van der Waals surface area contributed by atoms with Crippen LogP contribution in [0.15, 0.2) is 28.8 Å². The molecule has 29 heavy (non-hydrogen) atoms. The van der Waals surface area contributed by atoms with Crippen molar-refractivity contribution in [2.75, 3.05) is 6.54 Å². The molecule has 7 nitrogen and oxygen atoms in total. The van der Waals surface area contributed by atoms with Gasteiger partial charge in [-0.15, -0.1) is 0 Å². The number of likely N-dealkylation sites (tertiary alicyclic amines) is 1. The molecule has 0 bridgehead atoms. The Kier molecular flexibility index (Phi) is 6.47. The van der Waals surface area contributed by atoms with Crippen LogP contribution in [0.3, 0.4) is 0 Å². The summed E-state index contributed by atoms with van der Waals surface area (Å²) in [5.41, 5.74) is 1.28. The van der Waals surface area contributed by atoms with Gasteiger partial charge in [-0.05, 0) is 37.8 Å². The van der Waals surface area contributed by atoms with Gasteiger partial charge in [0, 0.05) is 29.7 Å². The molecule has 2 aromatic rings. The van der Waals surface area contributed by atoms with Crippen molar-refractivity contribution in [3.8, 4) is 5.75 Å². The number of aryl methyl sites for hydroxylation is 1. The van der Waals surface area contributed by atoms with E-state index < -0.39 is 12.0 Å². The fraction of sp³-hybridized carbons (Fsp3) is 0.476. The molecular weight excluding hydrogens is 394 g/mol. The summed E-state index contributed by atoms with van der Waals surface area (Å²) in [4.78, 5) is 27.7. The van der Waals surface area contributed by atoms with Gasteiger partial charge < -0.3 is 19.8 Å². The number of halogens is 1. The van der Waals surface area contributed by atoms with E-state index in [1.165, 1.54) is 6.07 Å². The van der Waals surface area contributed by atoms with Gasteiger partial charge in [-0.25, -0.2) is 0 Å². The van der Waals surface area contributed by atoms with Crippen molar-refractivity contribution in [2.45, 2.75) is 52.1 Å². The highest BCUT2D eigenvalue weighted by atomic mass is 35.5. The number of nitrogens with zero attached hydrogens (tertiary/aromatic N) is 2. The van der Waals surface area contributed by atoms with Gasteiger partial charge in [0.1, 0.15) is 23.5 Å². The van der Waals surface area contributed by atoms with Crippen LogP contribution in [-0.4, -0.2) is 39.6 Å². The maximum atomic E-state index is 13.3. The maximum Gasteiger partial charge on any atom is 0.243 e. The summed E-state index contributed by atoms with van der Waals surface area (Å²) in [7, 11) is 0. The number of amides is 2. The molecule has 156 valence electrons. The highest BCUT2D eigenvalue weighted by Crippen LogP contribution is 2.31. The number of phenols is 1. The number of hydrogen-bond donors (Lipinski definition) is 2. The molecule has 1 fully saturated rings. The molecule has 2 atom stereocenters. The van der Waals surface area contributed by atoms with E-state index >= 15 is 0 Å². The molecule has 1 aromatic carbocycles. The molecular formula is C21H26ClN3O4. The van der Waals surface area contributed by atoms with Crippen LogP contribution >= 0.6 is 11.6 Å². The molecule has 0 radical (unpaired) electrons. The molecule has 8 heteroatoms. The van der Waals surface area contributed by atoms with Gasteiger partial charge in [-0.3, -0.25) is 9.59 Å². The monoisotopic (exact) mass is 419 g/mol. The van der Waals surface area contributed by atoms with Gasteiger partial charge >= 0.3 is 0 Å². The molecule has 2 amide bonds. The number of hydrogen-bond acceptors (Lipinski definition) is 5. The van der Waals surface area contributed by atoms with Crippen LogP contribution in [0.5, 0.6) is 5.75 Å². The third-order valence-electron chi connectivity index (χ3n) is 5.22. The van der Waals surface area contributed by atoms with Gasteiger partial charge in [-0.1, -0.05) is 36.7 Å². The van der Waals surface area contributed by atoms with Crippen molar-refractivity contribution in [3.63, 3.8) is 0 Å². The largest absolute Gasteiger partial charge is 0.508 e. The molecule has 1 aliphatic heterocycles. The molecule has 0 spiro atoms. The third kappa shape index (κ3) is 4.72. The molecule has 1 saturated heterocycles. The van der Waals surface area contributed by atoms with Crippen LogP contribution in [0, 0.1) is 12.8 Å². The smallest absolute Gasteiger partial charge is 0.243 e. The summed E-state index contributed by atoms with van der Waals surface area (Å²) in [5, 5.41) is 17.1. The molecule has 0 aliphatic carbocycles. The topological polar surface area (TPSA) is 95.7 Å². The lowest BCUT2D eigenvalue weighted by atomic mass is 9.91. The Morgan fingerprint density at radius 1 is 1.38 bits per heavy atom. The van der Waals surface area contributed by atoms with Crippen molar-refractivity contribution in [1.82, 2.24) is 15.4 Å². The predicted octanol–water partition coefficient (Wildman–Crippen LogP) is 3.39. The summed E-state index contributed by atoms with van der Waals surface area (Å²) < 4.78 is 5.36.